The van der Waals surface area contributed by atoms with Crippen molar-refractivity contribution in [1.29, 1.82) is 0 Å². The van der Waals surface area contributed by atoms with E-state index in [0.29, 0.717) is 25.4 Å². The van der Waals surface area contributed by atoms with Gasteiger partial charge >= 0.3 is 5.97 Å². The zero-order valence-electron chi connectivity index (χ0n) is 13.3. The summed E-state index contributed by atoms with van der Waals surface area (Å²) in [6.45, 7) is 8.00. The van der Waals surface area contributed by atoms with Crippen molar-refractivity contribution in [3.8, 4) is 0 Å². The second-order valence-electron chi connectivity index (χ2n) is 6.72. The summed E-state index contributed by atoms with van der Waals surface area (Å²) in [5, 5.41) is 8.96. The van der Waals surface area contributed by atoms with E-state index >= 15 is 0 Å². The van der Waals surface area contributed by atoms with E-state index in [-0.39, 0.29) is 24.5 Å². The quantitative estimate of drug-likeness (QED) is 0.766. The summed E-state index contributed by atoms with van der Waals surface area (Å²) < 4.78 is 5.13. The maximum atomic E-state index is 12.2. The molecule has 1 heterocycles. The van der Waals surface area contributed by atoms with Gasteiger partial charge in [0.1, 0.15) is 0 Å². The lowest BCUT2D eigenvalue weighted by Gasteiger charge is -2.33. The third kappa shape index (κ3) is 5.63. The van der Waals surface area contributed by atoms with Gasteiger partial charge in [-0.1, -0.05) is 20.8 Å². The molecule has 0 aliphatic carbocycles. The number of amides is 1. The van der Waals surface area contributed by atoms with Gasteiger partial charge in [0.05, 0.1) is 13.2 Å². The lowest BCUT2D eigenvalue weighted by Crippen LogP contribution is -2.48. The summed E-state index contributed by atoms with van der Waals surface area (Å²) in [5.41, 5.74) is 5.77. The number of hydrogen-bond acceptors (Lipinski definition) is 4. The van der Waals surface area contributed by atoms with Crippen molar-refractivity contribution in [3.05, 3.63) is 0 Å². The van der Waals surface area contributed by atoms with E-state index in [1.807, 2.05) is 0 Å². The zero-order valence-corrected chi connectivity index (χ0v) is 13.3. The first kappa shape index (κ1) is 17.9. The Morgan fingerprint density at radius 1 is 1.38 bits per heavy atom. The number of rotatable bonds is 6. The molecule has 1 fully saturated rings. The molecule has 122 valence electrons. The summed E-state index contributed by atoms with van der Waals surface area (Å²) >= 11 is 0. The molecule has 0 aromatic carbocycles. The van der Waals surface area contributed by atoms with E-state index < -0.39 is 12.1 Å². The van der Waals surface area contributed by atoms with Crippen LogP contribution in [-0.2, 0) is 14.3 Å². The Kier molecular flexibility index (Phi) is 6.61. The average molecular weight is 300 g/mol. The molecule has 6 nitrogen and oxygen atoms in total. The monoisotopic (exact) mass is 300 g/mol. The van der Waals surface area contributed by atoms with Gasteiger partial charge in [-0.05, 0) is 30.7 Å². The second kappa shape index (κ2) is 7.75. The Morgan fingerprint density at radius 2 is 2.05 bits per heavy atom. The number of carboxylic acids is 1. The number of morpholine rings is 1. The van der Waals surface area contributed by atoms with Crippen LogP contribution in [0, 0.1) is 11.3 Å². The van der Waals surface area contributed by atoms with E-state index in [0.717, 1.165) is 12.8 Å². The van der Waals surface area contributed by atoms with Crippen molar-refractivity contribution in [2.45, 2.75) is 46.1 Å². The van der Waals surface area contributed by atoms with Crippen molar-refractivity contribution in [2.24, 2.45) is 17.1 Å². The number of carbonyl (C=O) groups excluding carboxylic acids is 1. The Bertz CT molecular complexity index is 365. The van der Waals surface area contributed by atoms with E-state index in [1.165, 1.54) is 0 Å². The maximum absolute atomic E-state index is 12.2. The molecule has 21 heavy (non-hydrogen) atoms. The number of ether oxygens (including phenoxy) is 1. The molecule has 0 bridgehead atoms. The predicted molar refractivity (Wildman–Crippen MR) is 79.8 cm³/mol. The molecule has 0 aromatic rings. The van der Waals surface area contributed by atoms with Crippen LogP contribution in [0.4, 0.5) is 0 Å². The minimum Gasteiger partial charge on any atom is -0.479 e. The summed E-state index contributed by atoms with van der Waals surface area (Å²) in [5.74, 6) is -0.609. The molecule has 0 radical (unpaired) electrons. The van der Waals surface area contributed by atoms with Crippen LogP contribution in [0.2, 0.25) is 0 Å². The van der Waals surface area contributed by atoms with Gasteiger partial charge in [0, 0.05) is 13.0 Å². The smallest absolute Gasteiger partial charge is 0.334 e. The zero-order chi connectivity index (χ0) is 16.0. The predicted octanol–water partition coefficient (Wildman–Crippen LogP) is 1.09. The third-order valence-corrected chi connectivity index (χ3v) is 4.14. The van der Waals surface area contributed by atoms with Crippen LogP contribution in [0.15, 0.2) is 0 Å². The first-order chi connectivity index (χ1) is 9.75. The number of aliphatic carboxylic acids is 1. The van der Waals surface area contributed by atoms with E-state index in [9.17, 15) is 9.59 Å². The molecule has 1 rings (SSSR count). The fourth-order valence-electron chi connectivity index (χ4n) is 2.69. The van der Waals surface area contributed by atoms with Crippen molar-refractivity contribution < 1.29 is 19.4 Å². The molecule has 2 unspecified atom stereocenters. The molecule has 1 amide bonds. The molecule has 3 N–H and O–H groups in total. The van der Waals surface area contributed by atoms with Crippen molar-refractivity contribution in [2.75, 3.05) is 26.2 Å². The van der Waals surface area contributed by atoms with Crippen LogP contribution in [0.25, 0.3) is 0 Å². The number of hydrogen-bond donors (Lipinski definition) is 2. The topological polar surface area (TPSA) is 92.9 Å². The minimum atomic E-state index is -1.01. The highest BCUT2D eigenvalue weighted by molar-refractivity contribution is 5.78. The van der Waals surface area contributed by atoms with E-state index in [1.54, 1.807) is 4.90 Å². The van der Waals surface area contributed by atoms with Gasteiger partial charge in [-0.2, -0.15) is 0 Å². The molecule has 0 aromatic heterocycles. The van der Waals surface area contributed by atoms with Gasteiger partial charge in [0.15, 0.2) is 6.10 Å². The van der Waals surface area contributed by atoms with Crippen LogP contribution in [-0.4, -0.2) is 54.2 Å². The number of carboxylic acid groups (broad SMARTS) is 1. The highest BCUT2D eigenvalue weighted by Gasteiger charge is 2.30. The molecule has 0 spiro atoms. The first-order valence-corrected chi connectivity index (χ1v) is 7.58. The summed E-state index contributed by atoms with van der Waals surface area (Å²) in [6, 6.07) is 0. The Labute approximate surface area is 126 Å². The van der Waals surface area contributed by atoms with Crippen molar-refractivity contribution in [3.63, 3.8) is 0 Å². The van der Waals surface area contributed by atoms with E-state index in [4.69, 9.17) is 15.6 Å². The minimum absolute atomic E-state index is 0.0100. The van der Waals surface area contributed by atoms with Gasteiger partial charge in [-0.15, -0.1) is 0 Å². The lowest BCUT2D eigenvalue weighted by atomic mass is 9.76. The summed E-state index contributed by atoms with van der Waals surface area (Å²) in [7, 11) is 0. The van der Waals surface area contributed by atoms with Gasteiger partial charge < -0.3 is 20.5 Å². The normalized spacial score (nSPS) is 21.1. The maximum Gasteiger partial charge on any atom is 0.334 e. The van der Waals surface area contributed by atoms with Gasteiger partial charge in [-0.25, -0.2) is 4.79 Å². The van der Waals surface area contributed by atoms with Gasteiger partial charge in [0.25, 0.3) is 0 Å². The fraction of sp³-hybridized carbons (Fsp3) is 0.867. The molecule has 1 aliphatic heterocycles. The van der Waals surface area contributed by atoms with Crippen LogP contribution in [0.1, 0.15) is 40.0 Å². The van der Waals surface area contributed by atoms with Crippen LogP contribution >= 0.6 is 0 Å². The standard InChI is InChI=1S/C15H28N2O4/c1-15(2,3)11(6-7-16)4-5-13(18)17-8-9-21-12(10-17)14(19)20/h11-12H,4-10,16H2,1-3H3,(H,19,20). The molecular formula is C15H28N2O4. The molecule has 2 atom stereocenters. The second-order valence-corrected chi connectivity index (χ2v) is 6.72. The van der Waals surface area contributed by atoms with E-state index in [2.05, 4.69) is 20.8 Å². The third-order valence-electron chi connectivity index (χ3n) is 4.14. The molecule has 1 aliphatic rings. The average Bonchev–Trinajstić information content (AvgIpc) is 2.42. The summed E-state index contributed by atoms with van der Waals surface area (Å²) in [4.78, 5) is 24.8. The summed E-state index contributed by atoms with van der Waals surface area (Å²) in [6.07, 6.45) is 1.23. The number of nitrogens with zero attached hydrogens (tertiary/aromatic N) is 1. The Morgan fingerprint density at radius 3 is 2.57 bits per heavy atom. The van der Waals surface area contributed by atoms with Crippen molar-refractivity contribution >= 4 is 11.9 Å². The molecular weight excluding hydrogens is 272 g/mol. The molecule has 1 saturated heterocycles. The molecule has 6 heteroatoms. The fourth-order valence-corrected chi connectivity index (χ4v) is 2.69. The lowest BCUT2D eigenvalue weighted by molar-refractivity contribution is -0.159. The highest BCUT2D eigenvalue weighted by atomic mass is 16.5. The van der Waals surface area contributed by atoms with Crippen LogP contribution in [0.5, 0.6) is 0 Å². The number of carbonyl (C=O) groups is 2. The van der Waals surface area contributed by atoms with Crippen LogP contribution in [0.3, 0.4) is 0 Å². The van der Waals surface area contributed by atoms with Crippen LogP contribution < -0.4 is 5.73 Å². The van der Waals surface area contributed by atoms with Gasteiger partial charge in [-0.3, -0.25) is 4.79 Å². The first-order valence-electron chi connectivity index (χ1n) is 7.58. The number of nitrogens with two attached hydrogens (primary N) is 1. The highest BCUT2D eigenvalue weighted by Crippen LogP contribution is 2.32. The molecule has 0 saturated carbocycles. The van der Waals surface area contributed by atoms with Crippen molar-refractivity contribution in [1.82, 2.24) is 4.90 Å². The Balaban J connectivity index is 2.50. The largest absolute Gasteiger partial charge is 0.479 e. The SMILES string of the molecule is CC(C)(C)C(CCN)CCC(=O)N1CCOC(C(=O)O)C1. The van der Waals surface area contributed by atoms with Gasteiger partial charge in [0.2, 0.25) is 5.91 Å². The Hall–Kier alpha value is -1.14.